The van der Waals surface area contributed by atoms with Crippen LogP contribution in [0.2, 0.25) is 0 Å². The molecule has 0 radical (unpaired) electrons. The molecule has 0 saturated carbocycles. The van der Waals surface area contributed by atoms with Crippen molar-refractivity contribution in [3.8, 4) is 0 Å². The number of aromatic nitrogens is 3. The number of carbonyl (C=O) groups excluding carboxylic acids is 1. The molecule has 2 heterocycles. The molecule has 0 amide bonds. The van der Waals surface area contributed by atoms with E-state index < -0.39 is 0 Å². The number of nitrogens with zero attached hydrogens (tertiary/aromatic N) is 2. The molecule has 0 unspecified atom stereocenters. The van der Waals surface area contributed by atoms with Crippen molar-refractivity contribution in [1.82, 2.24) is 14.5 Å². The van der Waals surface area contributed by atoms with Crippen molar-refractivity contribution >= 4 is 39.4 Å². The highest BCUT2D eigenvalue weighted by molar-refractivity contribution is 8.00. The average molecular weight is 377 g/mol. The molecule has 0 aliphatic heterocycles. The Morgan fingerprint density at radius 3 is 2.56 bits per heavy atom. The van der Waals surface area contributed by atoms with E-state index in [1.807, 2.05) is 56.3 Å². The van der Waals surface area contributed by atoms with Crippen LogP contribution in [0.1, 0.15) is 23.0 Å². The van der Waals surface area contributed by atoms with Gasteiger partial charge in [0.1, 0.15) is 0 Å². The molecule has 0 bridgehead atoms. The molecule has 0 aliphatic carbocycles. The Labute approximate surface area is 160 Å². The highest BCUT2D eigenvalue weighted by atomic mass is 32.2. The first-order valence-electron chi connectivity index (χ1n) is 8.71. The summed E-state index contributed by atoms with van der Waals surface area (Å²) in [5.74, 6) is 0.0253. The van der Waals surface area contributed by atoms with Gasteiger partial charge >= 0.3 is 0 Å². The number of para-hydroxylation sites is 2. The SMILES string of the molecule is Cc1[nH]c2ccccc2c1C(=O)[C@H](C)Sc1nc2ccccc2c(=O)n1C. The number of fused-ring (bicyclic) bond motifs is 2. The number of benzene rings is 2. The number of hydrogen-bond acceptors (Lipinski definition) is 4. The van der Waals surface area contributed by atoms with E-state index in [4.69, 9.17) is 0 Å². The molecule has 4 rings (SSSR count). The van der Waals surface area contributed by atoms with Crippen LogP contribution in [0.15, 0.2) is 58.5 Å². The molecule has 1 atom stereocenters. The number of ketones is 1. The molecule has 0 spiro atoms. The Bertz CT molecular complexity index is 1240. The maximum Gasteiger partial charge on any atom is 0.261 e. The van der Waals surface area contributed by atoms with E-state index in [2.05, 4.69) is 9.97 Å². The van der Waals surface area contributed by atoms with E-state index in [1.54, 1.807) is 13.1 Å². The highest BCUT2D eigenvalue weighted by Crippen LogP contribution is 2.29. The van der Waals surface area contributed by atoms with Crippen LogP contribution in [0.25, 0.3) is 21.8 Å². The van der Waals surface area contributed by atoms with Gasteiger partial charge < -0.3 is 4.98 Å². The van der Waals surface area contributed by atoms with Gasteiger partial charge in [0.15, 0.2) is 10.9 Å². The van der Waals surface area contributed by atoms with E-state index in [9.17, 15) is 9.59 Å². The fourth-order valence-electron chi connectivity index (χ4n) is 3.31. The number of nitrogens with one attached hydrogen (secondary N) is 1. The highest BCUT2D eigenvalue weighted by Gasteiger charge is 2.24. The molecule has 2 aromatic carbocycles. The van der Waals surface area contributed by atoms with Gasteiger partial charge in [-0.25, -0.2) is 4.98 Å². The second kappa shape index (κ2) is 6.70. The second-order valence-electron chi connectivity index (χ2n) is 6.57. The van der Waals surface area contributed by atoms with Crippen molar-refractivity contribution in [3.63, 3.8) is 0 Å². The van der Waals surface area contributed by atoms with Crippen molar-refractivity contribution in [1.29, 1.82) is 0 Å². The van der Waals surface area contributed by atoms with Crippen molar-refractivity contribution in [2.24, 2.45) is 7.05 Å². The zero-order valence-corrected chi connectivity index (χ0v) is 16.1. The molecule has 136 valence electrons. The van der Waals surface area contributed by atoms with Crippen molar-refractivity contribution in [2.75, 3.05) is 0 Å². The molecular formula is C21H19N3O2S. The third kappa shape index (κ3) is 2.96. The standard InChI is InChI=1S/C21H19N3O2S/c1-12-18(14-8-4-6-10-16(14)22-12)19(25)13(2)27-21-23-17-11-7-5-9-15(17)20(26)24(21)3/h4-11,13,22H,1-3H3/t13-/m0/s1. The summed E-state index contributed by atoms with van der Waals surface area (Å²) in [6.45, 7) is 3.77. The zero-order valence-electron chi connectivity index (χ0n) is 15.3. The number of thioether (sulfide) groups is 1. The van der Waals surface area contributed by atoms with Gasteiger partial charge in [0.05, 0.1) is 16.2 Å². The first kappa shape index (κ1) is 17.5. The van der Waals surface area contributed by atoms with Gasteiger partial charge in [-0.15, -0.1) is 0 Å². The van der Waals surface area contributed by atoms with Gasteiger partial charge in [0.25, 0.3) is 5.56 Å². The van der Waals surface area contributed by atoms with Gasteiger partial charge in [0.2, 0.25) is 0 Å². The van der Waals surface area contributed by atoms with Crippen LogP contribution >= 0.6 is 11.8 Å². The van der Waals surface area contributed by atoms with Crippen LogP contribution in [0.5, 0.6) is 0 Å². The first-order chi connectivity index (χ1) is 13.0. The Morgan fingerprint density at radius 2 is 1.78 bits per heavy atom. The molecule has 5 nitrogen and oxygen atoms in total. The zero-order chi connectivity index (χ0) is 19.1. The van der Waals surface area contributed by atoms with E-state index in [-0.39, 0.29) is 16.6 Å². The Morgan fingerprint density at radius 1 is 1.11 bits per heavy atom. The minimum Gasteiger partial charge on any atom is -0.358 e. The summed E-state index contributed by atoms with van der Waals surface area (Å²) in [6.07, 6.45) is 0. The molecule has 0 saturated heterocycles. The van der Waals surface area contributed by atoms with Gasteiger partial charge in [0, 0.05) is 29.2 Å². The number of carbonyl (C=O) groups is 1. The van der Waals surface area contributed by atoms with E-state index in [1.165, 1.54) is 16.3 Å². The van der Waals surface area contributed by atoms with Gasteiger partial charge in [-0.3, -0.25) is 14.2 Å². The van der Waals surface area contributed by atoms with Gasteiger partial charge in [-0.1, -0.05) is 42.1 Å². The van der Waals surface area contributed by atoms with Crippen LogP contribution in [0.4, 0.5) is 0 Å². The lowest BCUT2D eigenvalue weighted by Crippen LogP contribution is -2.22. The molecule has 1 N–H and O–H groups in total. The molecule has 4 aromatic rings. The minimum absolute atomic E-state index is 0.0253. The third-order valence-electron chi connectivity index (χ3n) is 4.73. The Hall–Kier alpha value is -2.86. The number of aryl methyl sites for hydroxylation is 1. The monoisotopic (exact) mass is 377 g/mol. The second-order valence-corrected chi connectivity index (χ2v) is 7.88. The summed E-state index contributed by atoms with van der Waals surface area (Å²) < 4.78 is 1.51. The summed E-state index contributed by atoms with van der Waals surface area (Å²) in [5.41, 5.74) is 3.05. The summed E-state index contributed by atoms with van der Waals surface area (Å²) in [6, 6.07) is 15.1. The average Bonchev–Trinajstić information content (AvgIpc) is 3.01. The Balaban J connectivity index is 1.72. The predicted molar refractivity (Wildman–Crippen MR) is 110 cm³/mol. The van der Waals surface area contributed by atoms with Crippen molar-refractivity contribution in [2.45, 2.75) is 24.3 Å². The topological polar surface area (TPSA) is 67.8 Å². The van der Waals surface area contributed by atoms with Gasteiger partial charge in [-0.05, 0) is 32.0 Å². The molecule has 0 fully saturated rings. The lowest BCUT2D eigenvalue weighted by Gasteiger charge is -2.13. The number of H-pyrrole nitrogens is 1. The van der Waals surface area contributed by atoms with Crippen LogP contribution in [-0.2, 0) is 7.05 Å². The summed E-state index contributed by atoms with van der Waals surface area (Å²) in [5, 5.41) is 1.67. The summed E-state index contributed by atoms with van der Waals surface area (Å²) in [4.78, 5) is 33.6. The number of Topliss-reactive ketones (excluding diaryl/α,β-unsaturated/α-hetero) is 1. The smallest absolute Gasteiger partial charge is 0.261 e. The van der Waals surface area contributed by atoms with Crippen molar-refractivity contribution < 1.29 is 4.79 Å². The first-order valence-corrected chi connectivity index (χ1v) is 9.59. The predicted octanol–water partition coefficient (Wildman–Crippen LogP) is 4.09. The summed E-state index contributed by atoms with van der Waals surface area (Å²) in [7, 11) is 1.69. The molecule has 6 heteroatoms. The number of aromatic amines is 1. The quantitative estimate of drug-likeness (QED) is 0.330. The van der Waals surface area contributed by atoms with Gasteiger partial charge in [-0.2, -0.15) is 0 Å². The maximum atomic E-state index is 13.1. The summed E-state index contributed by atoms with van der Waals surface area (Å²) >= 11 is 1.31. The van der Waals surface area contributed by atoms with Crippen LogP contribution in [0.3, 0.4) is 0 Å². The lowest BCUT2D eigenvalue weighted by molar-refractivity contribution is 0.0995. The largest absolute Gasteiger partial charge is 0.358 e. The maximum absolute atomic E-state index is 13.1. The van der Waals surface area contributed by atoms with Crippen molar-refractivity contribution in [3.05, 3.63) is 70.1 Å². The molecule has 2 aromatic heterocycles. The molecule has 0 aliphatic rings. The van der Waals surface area contributed by atoms with E-state index in [0.29, 0.717) is 21.6 Å². The normalized spacial score (nSPS) is 12.6. The van der Waals surface area contributed by atoms with E-state index >= 15 is 0 Å². The molecular weight excluding hydrogens is 358 g/mol. The Kier molecular flexibility index (Phi) is 4.36. The lowest BCUT2D eigenvalue weighted by atomic mass is 10.1. The fourth-order valence-corrected chi connectivity index (χ4v) is 4.25. The number of rotatable bonds is 4. The third-order valence-corrected chi connectivity index (χ3v) is 5.88. The van der Waals surface area contributed by atoms with Crippen LogP contribution in [0, 0.1) is 6.92 Å². The molecule has 27 heavy (non-hydrogen) atoms. The van der Waals surface area contributed by atoms with E-state index in [0.717, 1.165) is 16.6 Å². The fraction of sp³-hybridized carbons (Fsp3) is 0.190. The van der Waals surface area contributed by atoms with Crippen LogP contribution in [-0.4, -0.2) is 25.6 Å². The minimum atomic E-state index is -0.373. The van der Waals surface area contributed by atoms with Crippen LogP contribution < -0.4 is 5.56 Å². The number of hydrogen-bond donors (Lipinski definition) is 1.